The van der Waals surface area contributed by atoms with Crippen LogP contribution in [0.2, 0.25) is 0 Å². The highest BCUT2D eigenvalue weighted by Crippen LogP contribution is 2.17. The molecular formula is C21H19N3O5. The Morgan fingerprint density at radius 3 is 2.03 bits per heavy atom. The highest BCUT2D eigenvalue weighted by atomic mass is 16.2. The van der Waals surface area contributed by atoms with Crippen LogP contribution in [0.4, 0.5) is 10.5 Å². The van der Waals surface area contributed by atoms with E-state index in [9.17, 15) is 24.0 Å². The fourth-order valence-corrected chi connectivity index (χ4v) is 2.88. The van der Waals surface area contributed by atoms with Crippen molar-refractivity contribution in [3.05, 3.63) is 65.7 Å². The molecule has 2 aromatic carbocycles. The summed E-state index contributed by atoms with van der Waals surface area (Å²) in [7, 11) is 0. The Morgan fingerprint density at radius 2 is 1.48 bits per heavy atom. The van der Waals surface area contributed by atoms with Crippen LogP contribution in [-0.2, 0) is 9.59 Å². The first-order valence-corrected chi connectivity index (χ1v) is 8.98. The second-order valence-corrected chi connectivity index (χ2v) is 6.76. The first-order chi connectivity index (χ1) is 13.8. The molecule has 1 heterocycles. The van der Waals surface area contributed by atoms with Crippen LogP contribution in [0.5, 0.6) is 0 Å². The van der Waals surface area contributed by atoms with Crippen molar-refractivity contribution in [2.24, 2.45) is 0 Å². The fraction of sp³-hybridized carbons (Fsp3) is 0.190. The van der Waals surface area contributed by atoms with Crippen molar-refractivity contribution < 1.29 is 24.0 Å². The molecular weight excluding hydrogens is 374 g/mol. The van der Waals surface area contributed by atoms with E-state index in [1.54, 1.807) is 56.3 Å². The molecule has 148 valence electrons. The lowest BCUT2D eigenvalue weighted by Crippen LogP contribution is -2.39. The number of anilines is 1. The SMILES string of the molecule is CC(C)N1C(=O)C(=O)N(CC(=O)c2ccc(NC(=O)c3ccccc3)cc2)C1=O. The van der Waals surface area contributed by atoms with Gasteiger partial charge < -0.3 is 5.32 Å². The third-order valence-electron chi connectivity index (χ3n) is 4.40. The van der Waals surface area contributed by atoms with E-state index in [1.165, 1.54) is 12.1 Å². The minimum atomic E-state index is -1.01. The molecule has 2 aromatic rings. The van der Waals surface area contributed by atoms with E-state index in [2.05, 4.69) is 5.32 Å². The average molecular weight is 393 g/mol. The van der Waals surface area contributed by atoms with Gasteiger partial charge in [-0.1, -0.05) is 18.2 Å². The molecule has 1 aliphatic rings. The van der Waals surface area contributed by atoms with Gasteiger partial charge in [-0.15, -0.1) is 0 Å². The van der Waals surface area contributed by atoms with Crippen molar-refractivity contribution in [3.8, 4) is 0 Å². The normalized spacial score (nSPS) is 14.0. The largest absolute Gasteiger partial charge is 0.334 e. The van der Waals surface area contributed by atoms with Crippen LogP contribution in [0.15, 0.2) is 54.6 Å². The summed E-state index contributed by atoms with van der Waals surface area (Å²) in [6, 6.07) is 13.5. The average Bonchev–Trinajstić information content (AvgIpc) is 2.92. The second-order valence-electron chi connectivity index (χ2n) is 6.76. The number of ketones is 1. The van der Waals surface area contributed by atoms with Gasteiger partial charge in [0, 0.05) is 22.9 Å². The zero-order chi connectivity index (χ0) is 21.1. The molecule has 1 N–H and O–H groups in total. The molecule has 0 spiro atoms. The molecule has 29 heavy (non-hydrogen) atoms. The fourth-order valence-electron chi connectivity index (χ4n) is 2.88. The van der Waals surface area contributed by atoms with Gasteiger partial charge in [-0.3, -0.25) is 24.1 Å². The van der Waals surface area contributed by atoms with Gasteiger partial charge in [0.15, 0.2) is 5.78 Å². The van der Waals surface area contributed by atoms with Crippen LogP contribution in [0, 0.1) is 0 Å². The Morgan fingerprint density at radius 1 is 0.862 bits per heavy atom. The molecule has 1 fully saturated rings. The van der Waals surface area contributed by atoms with Gasteiger partial charge in [0.05, 0.1) is 6.54 Å². The molecule has 1 saturated heterocycles. The van der Waals surface area contributed by atoms with Crippen molar-refractivity contribution in [1.82, 2.24) is 9.80 Å². The molecule has 8 heteroatoms. The Hall–Kier alpha value is -3.81. The maximum absolute atomic E-state index is 12.5. The standard InChI is InChI=1S/C21H19N3O5/c1-13(2)24-20(28)19(27)23(21(24)29)12-17(25)14-8-10-16(11-9-14)22-18(26)15-6-4-3-5-7-15/h3-11,13H,12H2,1-2H3,(H,22,26). The Balaban J connectivity index is 1.66. The second kappa shape index (κ2) is 8.05. The molecule has 0 aromatic heterocycles. The van der Waals surface area contributed by atoms with E-state index < -0.39 is 36.2 Å². The molecule has 0 unspecified atom stereocenters. The highest BCUT2D eigenvalue weighted by Gasteiger charge is 2.46. The molecule has 0 saturated carbocycles. The van der Waals surface area contributed by atoms with Crippen LogP contribution in [0.1, 0.15) is 34.6 Å². The van der Waals surface area contributed by atoms with E-state index >= 15 is 0 Å². The molecule has 0 radical (unpaired) electrons. The predicted octanol–water partition coefficient (Wildman–Crippen LogP) is 2.32. The molecule has 1 aliphatic heterocycles. The summed E-state index contributed by atoms with van der Waals surface area (Å²) < 4.78 is 0. The summed E-state index contributed by atoms with van der Waals surface area (Å²) >= 11 is 0. The molecule has 0 bridgehead atoms. The number of benzene rings is 2. The number of imide groups is 2. The van der Waals surface area contributed by atoms with Crippen LogP contribution in [-0.4, -0.2) is 51.9 Å². The van der Waals surface area contributed by atoms with Gasteiger partial charge in [0.25, 0.3) is 5.91 Å². The van der Waals surface area contributed by atoms with E-state index in [-0.39, 0.29) is 11.5 Å². The van der Waals surface area contributed by atoms with Crippen molar-refractivity contribution >= 4 is 35.2 Å². The quantitative estimate of drug-likeness (QED) is 0.461. The maximum Gasteiger partial charge on any atom is 0.334 e. The number of nitrogens with one attached hydrogen (secondary N) is 1. The maximum atomic E-state index is 12.5. The van der Waals surface area contributed by atoms with Gasteiger partial charge in [0.2, 0.25) is 0 Å². The van der Waals surface area contributed by atoms with Crippen LogP contribution in [0.25, 0.3) is 0 Å². The van der Waals surface area contributed by atoms with E-state index in [0.717, 1.165) is 4.90 Å². The first kappa shape index (κ1) is 19.9. The van der Waals surface area contributed by atoms with Crippen LogP contribution >= 0.6 is 0 Å². The number of amides is 5. The molecule has 3 rings (SSSR count). The number of rotatable bonds is 6. The zero-order valence-electron chi connectivity index (χ0n) is 15.9. The molecule has 0 atom stereocenters. The molecule has 8 nitrogen and oxygen atoms in total. The van der Waals surface area contributed by atoms with Crippen molar-refractivity contribution in [2.75, 3.05) is 11.9 Å². The minimum Gasteiger partial charge on any atom is -0.322 e. The lowest BCUT2D eigenvalue weighted by atomic mass is 10.1. The number of Topliss-reactive ketones (excluding diaryl/α,β-unsaturated/α-hetero) is 1. The zero-order valence-corrected chi connectivity index (χ0v) is 15.9. The monoisotopic (exact) mass is 393 g/mol. The third-order valence-corrected chi connectivity index (χ3v) is 4.40. The molecule has 0 aliphatic carbocycles. The summed E-state index contributed by atoms with van der Waals surface area (Å²) in [5, 5.41) is 2.72. The lowest BCUT2D eigenvalue weighted by molar-refractivity contribution is -0.143. The highest BCUT2D eigenvalue weighted by molar-refractivity contribution is 6.45. The third kappa shape index (κ3) is 4.06. The summed E-state index contributed by atoms with van der Waals surface area (Å²) in [6.07, 6.45) is 0. The van der Waals surface area contributed by atoms with E-state index in [4.69, 9.17) is 0 Å². The van der Waals surface area contributed by atoms with Gasteiger partial charge in [-0.2, -0.15) is 0 Å². The van der Waals surface area contributed by atoms with Crippen molar-refractivity contribution in [1.29, 1.82) is 0 Å². The Labute approximate surface area is 167 Å². The smallest absolute Gasteiger partial charge is 0.322 e. The summed E-state index contributed by atoms with van der Waals surface area (Å²) in [5.74, 6) is -2.73. The number of nitrogens with zero attached hydrogens (tertiary/aromatic N) is 2. The van der Waals surface area contributed by atoms with Gasteiger partial charge in [0.1, 0.15) is 0 Å². The number of carbonyl (C=O) groups excluding carboxylic acids is 5. The van der Waals surface area contributed by atoms with Gasteiger partial charge in [-0.25, -0.2) is 9.69 Å². The number of urea groups is 1. The van der Waals surface area contributed by atoms with E-state index in [0.29, 0.717) is 16.2 Å². The van der Waals surface area contributed by atoms with E-state index in [1.807, 2.05) is 0 Å². The predicted molar refractivity (Wildman–Crippen MR) is 104 cm³/mol. The number of hydrogen-bond acceptors (Lipinski definition) is 5. The number of hydrogen-bond donors (Lipinski definition) is 1. The van der Waals surface area contributed by atoms with Gasteiger partial charge >= 0.3 is 17.8 Å². The Bertz CT molecular complexity index is 983. The summed E-state index contributed by atoms with van der Waals surface area (Å²) in [4.78, 5) is 62.3. The van der Waals surface area contributed by atoms with Crippen LogP contribution < -0.4 is 5.32 Å². The van der Waals surface area contributed by atoms with Gasteiger partial charge in [-0.05, 0) is 50.2 Å². The van der Waals surface area contributed by atoms with Crippen molar-refractivity contribution in [2.45, 2.75) is 19.9 Å². The lowest BCUT2D eigenvalue weighted by Gasteiger charge is -2.18. The topological polar surface area (TPSA) is 104 Å². The van der Waals surface area contributed by atoms with Crippen molar-refractivity contribution in [3.63, 3.8) is 0 Å². The minimum absolute atomic E-state index is 0.249. The molecule has 5 amide bonds. The summed E-state index contributed by atoms with van der Waals surface area (Å²) in [6.45, 7) is 2.69. The van der Waals surface area contributed by atoms with Crippen LogP contribution in [0.3, 0.4) is 0 Å². The number of carbonyl (C=O) groups is 5. The summed E-state index contributed by atoms with van der Waals surface area (Å²) in [5.41, 5.74) is 1.24. The Kier molecular flexibility index (Phi) is 5.54. The first-order valence-electron chi connectivity index (χ1n) is 8.98.